The first-order valence-corrected chi connectivity index (χ1v) is 7.28. The van der Waals surface area contributed by atoms with Gasteiger partial charge in [-0.15, -0.1) is 0 Å². The Kier molecular flexibility index (Phi) is 4.41. The van der Waals surface area contributed by atoms with Gasteiger partial charge in [-0.3, -0.25) is 4.79 Å². The van der Waals surface area contributed by atoms with E-state index in [1.165, 1.54) is 0 Å². The van der Waals surface area contributed by atoms with Gasteiger partial charge in [0.1, 0.15) is 0 Å². The van der Waals surface area contributed by atoms with Crippen LogP contribution >= 0.6 is 0 Å². The van der Waals surface area contributed by atoms with Crippen molar-refractivity contribution in [1.29, 1.82) is 0 Å². The Bertz CT molecular complexity index is 608. The van der Waals surface area contributed by atoms with Gasteiger partial charge in [0.15, 0.2) is 5.78 Å². The van der Waals surface area contributed by atoms with E-state index in [1.54, 1.807) is 24.3 Å². The average Bonchev–Trinajstić information content (AvgIpc) is 2.50. The van der Waals surface area contributed by atoms with Crippen molar-refractivity contribution >= 4 is 11.8 Å². The van der Waals surface area contributed by atoms with Crippen molar-refractivity contribution in [3.8, 4) is 0 Å². The lowest BCUT2D eigenvalue weighted by atomic mass is 9.70. The van der Waals surface area contributed by atoms with E-state index in [0.717, 1.165) is 24.0 Å². The van der Waals surface area contributed by atoms with Crippen LogP contribution in [0.4, 0.5) is 0 Å². The predicted molar refractivity (Wildman–Crippen MR) is 82.4 cm³/mol. The molecule has 2 rings (SSSR count). The van der Waals surface area contributed by atoms with E-state index in [0.29, 0.717) is 6.42 Å². The Labute approximate surface area is 125 Å². The van der Waals surface area contributed by atoms with Gasteiger partial charge >= 0.3 is 5.97 Å². The van der Waals surface area contributed by atoms with Gasteiger partial charge < -0.3 is 5.11 Å². The van der Waals surface area contributed by atoms with Crippen molar-refractivity contribution in [3.63, 3.8) is 0 Å². The second kappa shape index (κ2) is 6.08. The number of carboxylic acids is 1. The second-order valence-electron chi connectivity index (χ2n) is 5.42. The van der Waals surface area contributed by atoms with Crippen molar-refractivity contribution in [1.82, 2.24) is 0 Å². The molecule has 0 radical (unpaired) electrons. The lowest BCUT2D eigenvalue weighted by Gasteiger charge is -2.31. The van der Waals surface area contributed by atoms with Crippen LogP contribution in [0.15, 0.2) is 48.1 Å². The molecular weight excluding hydrogens is 264 g/mol. The molecule has 1 aliphatic carbocycles. The number of aromatic carboxylic acids is 1. The molecule has 0 aromatic heterocycles. The van der Waals surface area contributed by atoms with Crippen molar-refractivity contribution < 1.29 is 14.7 Å². The van der Waals surface area contributed by atoms with Crippen molar-refractivity contribution in [2.75, 3.05) is 0 Å². The number of hydrogen-bond donors (Lipinski definition) is 1. The van der Waals surface area contributed by atoms with Gasteiger partial charge in [0, 0.05) is 0 Å². The fourth-order valence-corrected chi connectivity index (χ4v) is 2.77. The smallest absolute Gasteiger partial charge is 0.335 e. The molecule has 0 saturated carbocycles. The quantitative estimate of drug-likeness (QED) is 0.894. The number of carbonyl (C=O) groups excluding carboxylic acids is 1. The molecular formula is C18H20O3. The topological polar surface area (TPSA) is 54.4 Å². The van der Waals surface area contributed by atoms with E-state index in [4.69, 9.17) is 5.11 Å². The minimum Gasteiger partial charge on any atom is -0.478 e. The molecule has 0 bridgehead atoms. The van der Waals surface area contributed by atoms with Gasteiger partial charge in [0.25, 0.3) is 0 Å². The van der Waals surface area contributed by atoms with E-state index >= 15 is 0 Å². The molecule has 110 valence electrons. The third-order valence-electron chi connectivity index (χ3n) is 4.19. The fraction of sp³-hybridized carbons (Fsp3) is 0.333. The molecule has 0 spiro atoms. The predicted octanol–water partition coefficient (Wildman–Crippen LogP) is 3.80. The molecule has 0 amide bonds. The van der Waals surface area contributed by atoms with Crippen LogP contribution < -0.4 is 0 Å². The summed E-state index contributed by atoms with van der Waals surface area (Å²) in [6.45, 7) is 4.01. The Morgan fingerprint density at radius 3 is 2.38 bits per heavy atom. The summed E-state index contributed by atoms with van der Waals surface area (Å²) < 4.78 is 0. The number of benzene rings is 1. The van der Waals surface area contributed by atoms with Crippen molar-refractivity contribution in [2.45, 2.75) is 33.1 Å². The van der Waals surface area contributed by atoms with E-state index in [-0.39, 0.29) is 11.3 Å². The molecule has 1 atom stereocenters. The molecule has 1 aromatic rings. The van der Waals surface area contributed by atoms with Crippen LogP contribution in [0.2, 0.25) is 0 Å². The van der Waals surface area contributed by atoms with E-state index in [9.17, 15) is 9.59 Å². The van der Waals surface area contributed by atoms with Gasteiger partial charge in [0.2, 0.25) is 0 Å². The van der Waals surface area contributed by atoms with Crippen LogP contribution in [0.3, 0.4) is 0 Å². The maximum atomic E-state index is 12.7. The third-order valence-corrected chi connectivity index (χ3v) is 4.19. The van der Waals surface area contributed by atoms with Gasteiger partial charge in [0.05, 0.1) is 11.0 Å². The van der Waals surface area contributed by atoms with Gasteiger partial charge in [-0.25, -0.2) is 4.79 Å². The number of rotatable bonds is 5. The Hall–Kier alpha value is -2.16. The SMILES string of the molecule is CCC1=CC=CC(CC)(Cc2ccc(C(=O)O)cc2)C1=O. The first-order valence-electron chi connectivity index (χ1n) is 7.28. The Morgan fingerprint density at radius 2 is 1.86 bits per heavy atom. The zero-order valence-electron chi connectivity index (χ0n) is 12.4. The monoisotopic (exact) mass is 284 g/mol. The molecule has 1 unspecified atom stereocenters. The number of carboxylic acid groups (broad SMARTS) is 1. The Morgan fingerprint density at radius 1 is 1.19 bits per heavy atom. The van der Waals surface area contributed by atoms with E-state index in [2.05, 4.69) is 0 Å². The van der Waals surface area contributed by atoms with Crippen LogP contribution in [-0.4, -0.2) is 16.9 Å². The number of ketones is 1. The molecule has 0 heterocycles. The summed E-state index contributed by atoms with van der Waals surface area (Å²) in [5.74, 6) is -0.742. The third kappa shape index (κ3) is 2.97. The standard InChI is InChI=1S/C18H20O3/c1-3-14-6-5-11-18(4-2,16(14)19)12-13-7-9-15(10-8-13)17(20)21/h5-11H,3-4,12H2,1-2H3,(H,20,21). The summed E-state index contributed by atoms with van der Waals surface area (Å²) in [6, 6.07) is 6.78. The molecule has 21 heavy (non-hydrogen) atoms. The first kappa shape index (κ1) is 15.2. The summed E-state index contributed by atoms with van der Waals surface area (Å²) in [5.41, 5.74) is 1.62. The molecule has 3 heteroatoms. The highest BCUT2D eigenvalue weighted by atomic mass is 16.4. The lowest BCUT2D eigenvalue weighted by molar-refractivity contribution is -0.123. The van der Waals surface area contributed by atoms with Crippen LogP contribution in [-0.2, 0) is 11.2 Å². The largest absolute Gasteiger partial charge is 0.478 e. The maximum Gasteiger partial charge on any atom is 0.335 e. The van der Waals surface area contributed by atoms with Crippen LogP contribution in [0.25, 0.3) is 0 Å². The van der Waals surface area contributed by atoms with E-state index in [1.807, 2.05) is 32.1 Å². The van der Waals surface area contributed by atoms with Gasteiger partial charge in [-0.05, 0) is 42.5 Å². The normalized spacial score (nSPS) is 21.2. The van der Waals surface area contributed by atoms with Crippen LogP contribution in [0.5, 0.6) is 0 Å². The molecule has 0 saturated heterocycles. The maximum absolute atomic E-state index is 12.7. The highest BCUT2D eigenvalue weighted by molar-refractivity contribution is 6.02. The Balaban J connectivity index is 2.27. The highest BCUT2D eigenvalue weighted by Gasteiger charge is 2.36. The second-order valence-corrected chi connectivity index (χ2v) is 5.42. The fourth-order valence-electron chi connectivity index (χ4n) is 2.77. The molecule has 1 N–H and O–H groups in total. The number of Topliss-reactive ketones (excluding diaryl/α,β-unsaturated/α-hetero) is 1. The lowest BCUT2D eigenvalue weighted by Crippen LogP contribution is -2.33. The molecule has 0 fully saturated rings. The summed E-state index contributed by atoms with van der Waals surface area (Å²) >= 11 is 0. The van der Waals surface area contributed by atoms with Gasteiger partial charge in [-0.1, -0.05) is 44.2 Å². The number of allylic oxidation sites excluding steroid dienone is 4. The number of carbonyl (C=O) groups is 2. The minimum atomic E-state index is -0.934. The van der Waals surface area contributed by atoms with E-state index < -0.39 is 11.4 Å². The molecule has 1 aromatic carbocycles. The van der Waals surface area contributed by atoms with Crippen molar-refractivity contribution in [3.05, 3.63) is 59.2 Å². The highest BCUT2D eigenvalue weighted by Crippen LogP contribution is 2.36. The van der Waals surface area contributed by atoms with Gasteiger partial charge in [-0.2, -0.15) is 0 Å². The zero-order chi connectivity index (χ0) is 15.5. The first-order chi connectivity index (χ1) is 10.0. The number of hydrogen-bond acceptors (Lipinski definition) is 2. The molecule has 3 nitrogen and oxygen atoms in total. The summed E-state index contributed by atoms with van der Waals surface area (Å²) in [6.07, 6.45) is 7.93. The minimum absolute atomic E-state index is 0.192. The summed E-state index contributed by atoms with van der Waals surface area (Å²) in [4.78, 5) is 23.6. The summed E-state index contributed by atoms with van der Waals surface area (Å²) in [7, 11) is 0. The molecule has 0 aliphatic heterocycles. The zero-order valence-corrected chi connectivity index (χ0v) is 12.4. The average molecular weight is 284 g/mol. The molecule has 1 aliphatic rings. The van der Waals surface area contributed by atoms with Crippen molar-refractivity contribution in [2.24, 2.45) is 5.41 Å². The van der Waals surface area contributed by atoms with Crippen LogP contribution in [0, 0.1) is 5.41 Å². The summed E-state index contributed by atoms with van der Waals surface area (Å²) in [5, 5.41) is 8.93. The van der Waals surface area contributed by atoms with Crippen LogP contribution in [0.1, 0.15) is 42.6 Å².